The van der Waals surface area contributed by atoms with Crippen LogP contribution >= 0.6 is 11.6 Å². The van der Waals surface area contributed by atoms with Gasteiger partial charge in [0.2, 0.25) is 5.91 Å². The molecule has 6 nitrogen and oxygen atoms in total. The van der Waals surface area contributed by atoms with Crippen LogP contribution in [0.15, 0.2) is 66.7 Å². The number of hydrogen-bond acceptors (Lipinski definition) is 3. The highest BCUT2D eigenvalue weighted by Gasteiger charge is 2.27. The van der Waals surface area contributed by atoms with Gasteiger partial charge in [0.25, 0.3) is 0 Å². The summed E-state index contributed by atoms with van der Waals surface area (Å²) in [6.45, 7) is 1.88. The number of carbonyl (C=O) groups is 3. The minimum absolute atomic E-state index is 0.107. The van der Waals surface area contributed by atoms with Crippen LogP contribution in [0.3, 0.4) is 0 Å². The summed E-state index contributed by atoms with van der Waals surface area (Å²) in [5.41, 5.74) is 2.11. The van der Waals surface area contributed by atoms with Crippen molar-refractivity contribution in [1.82, 2.24) is 5.32 Å². The molecule has 0 spiro atoms. The van der Waals surface area contributed by atoms with Gasteiger partial charge in [0.15, 0.2) is 0 Å². The Morgan fingerprint density at radius 3 is 2.24 bits per heavy atom. The summed E-state index contributed by atoms with van der Waals surface area (Å²) in [4.78, 5) is 35.0. The number of carboxylic acids is 2. The largest absolute Gasteiger partial charge is 0.481 e. The van der Waals surface area contributed by atoms with Crippen molar-refractivity contribution in [2.45, 2.75) is 38.1 Å². The molecular formula is C26H26ClNO5. The van der Waals surface area contributed by atoms with Gasteiger partial charge in [-0.15, -0.1) is 0 Å². The molecule has 3 unspecified atom stereocenters. The first-order chi connectivity index (χ1) is 15.7. The molecule has 3 N–H and O–H groups in total. The van der Waals surface area contributed by atoms with Crippen LogP contribution < -0.4 is 5.32 Å². The van der Waals surface area contributed by atoms with E-state index in [1.807, 2.05) is 73.7 Å². The van der Waals surface area contributed by atoms with E-state index in [0.717, 1.165) is 21.9 Å². The molecule has 3 aromatic carbocycles. The van der Waals surface area contributed by atoms with Gasteiger partial charge in [-0.25, -0.2) is 0 Å². The van der Waals surface area contributed by atoms with Gasteiger partial charge in [-0.05, 0) is 47.4 Å². The summed E-state index contributed by atoms with van der Waals surface area (Å²) in [7, 11) is 0. The first kappa shape index (κ1) is 24.3. The van der Waals surface area contributed by atoms with Crippen LogP contribution in [0.25, 0.3) is 10.8 Å². The molecule has 0 saturated heterocycles. The number of carbonyl (C=O) groups excluding carboxylic acids is 1. The number of benzene rings is 3. The van der Waals surface area contributed by atoms with E-state index >= 15 is 0 Å². The van der Waals surface area contributed by atoms with Crippen molar-refractivity contribution in [2.75, 3.05) is 0 Å². The lowest BCUT2D eigenvalue weighted by atomic mass is 9.83. The quantitative estimate of drug-likeness (QED) is 0.394. The molecule has 0 radical (unpaired) electrons. The topological polar surface area (TPSA) is 104 Å². The van der Waals surface area contributed by atoms with Crippen LogP contribution in [0.4, 0.5) is 0 Å². The number of halogens is 1. The zero-order chi connectivity index (χ0) is 24.0. The molecule has 0 aliphatic heterocycles. The van der Waals surface area contributed by atoms with Crippen molar-refractivity contribution < 1.29 is 24.6 Å². The Kier molecular flexibility index (Phi) is 8.06. The highest BCUT2D eigenvalue weighted by molar-refractivity contribution is 6.30. The minimum Gasteiger partial charge on any atom is -0.481 e. The highest BCUT2D eigenvalue weighted by atomic mass is 35.5. The van der Waals surface area contributed by atoms with Gasteiger partial charge in [0.1, 0.15) is 0 Å². The Balaban J connectivity index is 1.88. The first-order valence-electron chi connectivity index (χ1n) is 10.7. The van der Waals surface area contributed by atoms with E-state index in [-0.39, 0.29) is 12.0 Å². The van der Waals surface area contributed by atoms with E-state index in [9.17, 15) is 19.5 Å². The maximum atomic E-state index is 12.7. The maximum Gasteiger partial charge on any atom is 0.307 e. The van der Waals surface area contributed by atoms with Gasteiger partial charge < -0.3 is 15.5 Å². The monoisotopic (exact) mass is 467 g/mol. The van der Waals surface area contributed by atoms with Gasteiger partial charge >= 0.3 is 11.9 Å². The molecule has 0 heterocycles. The molecule has 172 valence electrons. The number of fused-ring (bicyclic) bond motifs is 1. The van der Waals surface area contributed by atoms with Gasteiger partial charge in [0.05, 0.1) is 12.3 Å². The van der Waals surface area contributed by atoms with Crippen LogP contribution in [0, 0.1) is 5.92 Å². The summed E-state index contributed by atoms with van der Waals surface area (Å²) < 4.78 is 0. The Hall–Kier alpha value is -3.38. The third-order valence-corrected chi connectivity index (χ3v) is 6.04. The molecular weight excluding hydrogens is 442 g/mol. The lowest BCUT2D eigenvalue weighted by molar-refractivity contribution is -0.149. The Bertz CT molecular complexity index is 1140. The standard InChI is InChI=1S/C26H26ClNO5/c1-16(28-24(29)14-19(26(32)33)15-25(30)31)23(13-17-9-11-20(27)12-10-17)22-8-4-6-18-5-2-3-7-21(18)22/h2-12,16,19,23H,13-15H2,1H3,(H,28,29)(H,30,31)(H,32,33). The Morgan fingerprint density at radius 1 is 0.909 bits per heavy atom. The molecule has 0 aliphatic rings. The number of carboxylic acid groups (broad SMARTS) is 2. The average molecular weight is 468 g/mol. The molecule has 0 bridgehead atoms. The SMILES string of the molecule is CC(NC(=O)CC(CC(=O)O)C(=O)O)C(Cc1ccc(Cl)cc1)c1cccc2ccccc12. The van der Waals surface area contributed by atoms with Gasteiger partial charge in [-0.1, -0.05) is 66.2 Å². The smallest absolute Gasteiger partial charge is 0.307 e. The highest BCUT2D eigenvalue weighted by Crippen LogP contribution is 2.31. The molecule has 1 amide bonds. The third-order valence-electron chi connectivity index (χ3n) is 5.79. The van der Waals surface area contributed by atoms with Crippen molar-refractivity contribution in [1.29, 1.82) is 0 Å². The predicted molar refractivity (Wildman–Crippen MR) is 127 cm³/mol. The first-order valence-corrected chi connectivity index (χ1v) is 11.1. The van der Waals surface area contributed by atoms with Crippen LogP contribution in [0.1, 0.15) is 36.8 Å². The van der Waals surface area contributed by atoms with Crippen LogP contribution in [0.2, 0.25) is 5.02 Å². The van der Waals surface area contributed by atoms with Crippen molar-refractivity contribution in [3.63, 3.8) is 0 Å². The third kappa shape index (κ3) is 6.56. The second-order valence-electron chi connectivity index (χ2n) is 8.20. The zero-order valence-electron chi connectivity index (χ0n) is 18.2. The number of amides is 1. The van der Waals surface area contributed by atoms with E-state index in [1.165, 1.54) is 0 Å². The van der Waals surface area contributed by atoms with Gasteiger partial charge in [-0.2, -0.15) is 0 Å². The maximum absolute atomic E-state index is 12.7. The molecule has 0 saturated carbocycles. The lowest BCUT2D eigenvalue weighted by Crippen LogP contribution is -2.39. The predicted octanol–water partition coefficient (Wildman–Crippen LogP) is 4.89. The molecule has 3 atom stereocenters. The zero-order valence-corrected chi connectivity index (χ0v) is 19.0. The molecule has 3 rings (SSSR count). The number of aliphatic carboxylic acids is 2. The number of hydrogen-bond donors (Lipinski definition) is 3. The molecule has 0 aromatic heterocycles. The summed E-state index contributed by atoms with van der Waals surface area (Å²) in [6, 6.07) is 21.3. The second kappa shape index (κ2) is 11.0. The fraction of sp³-hybridized carbons (Fsp3) is 0.269. The van der Waals surface area contributed by atoms with Crippen molar-refractivity contribution in [2.24, 2.45) is 5.92 Å². The van der Waals surface area contributed by atoms with E-state index in [0.29, 0.717) is 11.4 Å². The van der Waals surface area contributed by atoms with E-state index < -0.39 is 36.6 Å². The Labute approximate surface area is 197 Å². The lowest BCUT2D eigenvalue weighted by Gasteiger charge is -2.27. The van der Waals surface area contributed by atoms with Crippen LogP contribution in [-0.4, -0.2) is 34.1 Å². The second-order valence-corrected chi connectivity index (χ2v) is 8.64. The van der Waals surface area contributed by atoms with Crippen LogP contribution in [-0.2, 0) is 20.8 Å². The molecule has 0 aliphatic carbocycles. The summed E-state index contributed by atoms with van der Waals surface area (Å²) >= 11 is 6.04. The molecule has 33 heavy (non-hydrogen) atoms. The fourth-order valence-electron chi connectivity index (χ4n) is 4.10. The summed E-state index contributed by atoms with van der Waals surface area (Å²) in [5.74, 6) is -4.42. The van der Waals surface area contributed by atoms with E-state index in [2.05, 4.69) is 5.32 Å². The van der Waals surface area contributed by atoms with Crippen LogP contribution in [0.5, 0.6) is 0 Å². The number of nitrogens with one attached hydrogen (secondary N) is 1. The van der Waals surface area contributed by atoms with Gasteiger partial charge in [-0.3, -0.25) is 14.4 Å². The van der Waals surface area contributed by atoms with E-state index in [1.54, 1.807) is 0 Å². The fourth-order valence-corrected chi connectivity index (χ4v) is 4.23. The molecule has 7 heteroatoms. The summed E-state index contributed by atoms with van der Waals surface area (Å²) in [5, 5.41) is 23.9. The summed E-state index contributed by atoms with van der Waals surface area (Å²) in [6.07, 6.45) is -0.367. The van der Waals surface area contributed by atoms with Crippen molar-refractivity contribution in [3.8, 4) is 0 Å². The normalized spacial score (nSPS) is 13.8. The molecule has 3 aromatic rings. The van der Waals surface area contributed by atoms with Crippen molar-refractivity contribution in [3.05, 3.63) is 82.9 Å². The van der Waals surface area contributed by atoms with E-state index in [4.69, 9.17) is 16.7 Å². The minimum atomic E-state index is -1.30. The van der Waals surface area contributed by atoms with Gasteiger partial charge in [0, 0.05) is 23.4 Å². The average Bonchev–Trinajstić information content (AvgIpc) is 2.77. The van der Waals surface area contributed by atoms with Crippen molar-refractivity contribution >= 4 is 40.2 Å². The Morgan fingerprint density at radius 2 is 1.58 bits per heavy atom. The molecule has 0 fully saturated rings. The number of rotatable bonds is 10.